The molecule has 0 spiro atoms. The SMILES string of the molecule is Cc1ccc(C(CCOc2cccc(F)c2)C(=O)O)cc1. The van der Waals surface area contributed by atoms with E-state index in [9.17, 15) is 14.3 Å². The van der Waals surface area contributed by atoms with Gasteiger partial charge in [0, 0.05) is 6.07 Å². The fraction of sp³-hybridized carbons (Fsp3) is 0.235. The van der Waals surface area contributed by atoms with Crippen LogP contribution in [0.3, 0.4) is 0 Å². The Morgan fingerprint density at radius 2 is 1.95 bits per heavy atom. The van der Waals surface area contributed by atoms with Crippen LogP contribution in [0.2, 0.25) is 0 Å². The Bertz CT molecular complexity index is 608. The van der Waals surface area contributed by atoms with Crippen LogP contribution in [0.4, 0.5) is 4.39 Å². The van der Waals surface area contributed by atoms with Gasteiger partial charge < -0.3 is 9.84 Å². The van der Waals surface area contributed by atoms with Crippen molar-refractivity contribution in [1.29, 1.82) is 0 Å². The minimum atomic E-state index is -0.887. The molecule has 0 aromatic heterocycles. The number of ether oxygens (including phenoxy) is 1. The molecular weight excluding hydrogens is 271 g/mol. The molecule has 0 saturated carbocycles. The van der Waals surface area contributed by atoms with E-state index in [0.717, 1.165) is 11.1 Å². The Morgan fingerprint density at radius 3 is 2.57 bits per heavy atom. The van der Waals surface area contributed by atoms with Crippen molar-refractivity contribution < 1.29 is 19.0 Å². The zero-order chi connectivity index (χ0) is 15.2. The lowest BCUT2D eigenvalue weighted by molar-refractivity contribution is -0.139. The van der Waals surface area contributed by atoms with Crippen molar-refractivity contribution in [2.24, 2.45) is 0 Å². The van der Waals surface area contributed by atoms with E-state index in [0.29, 0.717) is 12.2 Å². The van der Waals surface area contributed by atoms with Crippen molar-refractivity contribution >= 4 is 5.97 Å². The molecule has 2 rings (SSSR count). The molecule has 1 N–H and O–H groups in total. The first-order valence-electron chi connectivity index (χ1n) is 6.74. The van der Waals surface area contributed by atoms with Crippen LogP contribution in [-0.2, 0) is 4.79 Å². The molecule has 0 aliphatic rings. The van der Waals surface area contributed by atoms with Crippen LogP contribution in [0.25, 0.3) is 0 Å². The molecule has 0 bridgehead atoms. The molecule has 110 valence electrons. The van der Waals surface area contributed by atoms with E-state index in [-0.39, 0.29) is 12.4 Å². The Balaban J connectivity index is 1.98. The number of aryl methyl sites for hydroxylation is 1. The van der Waals surface area contributed by atoms with Crippen LogP contribution in [0.5, 0.6) is 5.75 Å². The lowest BCUT2D eigenvalue weighted by Crippen LogP contribution is -2.15. The van der Waals surface area contributed by atoms with Gasteiger partial charge in [-0.05, 0) is 31.0 Å². The van der Waals surface area contributed by atoms with Crippen LogP contribution < -0.4 is 4.74 Å². The van der Waals surface area contributed by atoms with E-state index >= 15 is 0 Å². The lowest BCUT2D eigenvalue weighted by atomic mass is 9.95. The number of carboxylic acids is 1. The number of carboxylic acid groups (broad SMARTS) is 1. The van der Waals surface area contributed by atoms with Gasteiger partial charge in [0.1, 0.15) is 11.6 Å². The van der Waals surface area contributed by atoms with Gasteiger partial charge in [-0.3, -0.25) is 4.79 Å². The fourth-order valence-electron chi connectivity index (χ4n) is 2.08. The van der Waals surface area contributed by atoms with Gasteiger partial charge in [-0.25, -0.2) is 4.39 Å². The Kier molecular flexibility index (Phi) is 4.93. The maximum absolute atomic E-state index is 13.0. The third kappa shape index (κ3) is 4.31. The van der Waals surface area contributed by atoms with Crippen molar-refractivity contribution in [1.82, 2.24) is 0 Å². The topological polar surface area (TPSA) is 46.5 Å². The van der Waals surface area contributed by atoms with Crippen molar-refractivity contribution in [3.8, 4) is 5.75 Å². The fourth-order valence-corrected chi connectivity index (χ4v) is 2.08. The number of hydrogen-bond donors (Lipinski definition) is 1. The second kappa shape index (κ2) is 6.88. The minimum absolute atomic E-state index is 0.217. The number of halogens is 1. The summed E-state index contributed by atoms with van der Waals surface area (Å²) in [5.74, 6) is -1.48. The third-order valence-corrected chi connectivity index (χ3v) is 3.25. The molecule has 3 nitrogen and oxygen atoms in total. The highest BCUT2D eigenvalue weighted by Crippen LogP contribution is 2.21. The molecule has 4 heteroatoms. The summed E-state index contributed by atoms with van der Waals surface area (Å²) < 4.78 is 18.4. The van der Waals surface area contributed by atoms with E-state index in [1.165, 1.54) is 12.1 Å². The van der Waals surface area contributed by atoms with Crippen molar-refractivity contribution in [3.05, 3.63) is 65.5 Å². The van der Waals surface area contributed by atoms with Crippen molar-refractivity contribution in [2.75, 3.05) is 6.61 Å². The number of benzene rings is 2. The summed E-state index contributed by atoms with van der Waals surface area (Å²) in [6, 6.07) is 13.2. The molecule has 0 radical (unpaired) electrons. The molecule has 0 fully saturated rings. The normalized spacial score (nSPS) is 11.9. The predicted molar refractivity (Wildman–Crippen MR) is 78.1 cm³/mol. The van der Waals surface area contributed by atoms with Gasteiger partial charge in [-0.2, -0.15) is 0 Å². The second-order valence-corrected chi connectivity index (χ2v) is 4.90. The highest BCUT2D eigenvalue weighted by atomic mass is 19.1. The lowest BCUT2D eigenvalue weighted by Gasteiger charge is -2.14. The summed E-state index contributed by atoms with van der Waals surface area (Å²) in [4.78, 5) is 11.4. The van der Waals surface area contributed by atoms with Gasteiger partial charge in [0.15, 0.2) is 0 Å². The van der Waals surface area contributed by atoms with Crippen LogP contribution in [-0.4, -0.2) is 17.7 Å². The van der Waals surface area contributed by atoms with E-state index in [2.05, 4.69) is 0 Å². The first kappa shape index (κ1) is 15.0. The summed E-state index contributed by atoms with van der Waals surface area (Å²) >= 11 is 0. The molecule has 2 aromatic carbocycles. The zero-order valence-corrected chi connectivity index (χ0v) is 11.8. The van der Waals surface area contributed by atoms with Crippen LogP contribution >= 0.6 is 0 Å². The number of hydrogen-bond acceptors (Lipinski definition) is 2. The standard InChI is InChI=1S/C17H17FO3/c1-12-5-7-13(8-6-12)16(17(19)20)9-10-21-15-4-2-3-14(18)11-15/h2-8,11,16H,9-10H2,1H3,(H,19,20). The number of carbonyl (C=O) groups is 1. The average Bonchev–Trinajstić information content (AvgIpc) is 2.45. The maximum Gasteiger partial charge on any atom is 0.311 e. The first-order chi connectivity index (χ1) is 10.1. The first-order valence-corrected chi connectivity index (χ1v) is 6.74. The zero-order valence-electron chi connectivity index (χ0n) is 11.8. The van der Waals surface area contributed by atoms with Gasteiger partial charge in [0.25, 0.3) is 0 Å². The largest absolute Gasteiger partial charge is 0.493 e. The molecule has 21 heavy (non-hydrogen) atoms. The van der Waals surface area contributed by atoms with E-state index in [1.54, 1.807) is 12.1 Å². The highest BCUT2D eigenvalue weighted by molar-refractivity contribution is 5.76. The molecule has 1 atom stereocenters. The molecule has 1 unspecified atom stereocenters. The van der Waals surface area contributed by atoms with Crippen molar-refractivity contribution in [2.45, 2.75) is 19.3 Å². The number of rotatable bonds is 6. The van der Waals surface area contributed by atoms with E-state index in [4.69, 9.17) is 4.74 Å². The Labute approximate surface area is 123 Å². The van der Waals surface area contributed by atoms with E-state index in [1.807, 2.05) is 31.2 Å². The average molecular weight is 288 g/mol. The molecule has 0 amide bonds. The van der Waals surface area contributed by atoms with Gasteiger partial charge in [-0.15, -0.1) is 0 Å². The van der Waals surface area contributed by atoms with E-state index < -0.39 is 11.9 Å². The predicted octanol–water partition coefficient (Wildman–Crippen LogP) is 3.77. The molecule has 0 aliphatic heterocycles. The second-order valence-electron chi connectivity index (χ2n) is 4.90. The van der Waals surface area contributed by atoms with Crippen LogP contribution in [0.15, 0.2) is 48.5 Å². The molecule has 2 aromatic rings. The monoisotopic (exact) mass is 288 g/mol. The van der Waals surface area contributed by atoms with Crippen molar-refractivity contribution in [3.63, 3.8) is 0 Å². The minimum Gasteiger partial charge on any atom is -0.493 e. The van der Waals surface area contributed by atoms with Gasteiger partial charge in [-0.1, -0.05) is 35.9 Å². The smallest absolute Gasteiger partial charge is 0.311 e. The molecule has 0 heterocycles. The van der Waals surface area contributed by atoms with Gasteiger partial charge in [0.2, 0.25) is 0 Å². The third-order valence-electron chi connectivity index (χ3n) is 3.25. The Morgan fingerprint density at radius 1 is 1.24 bits per heavy atom. The summed E-state index contributed by atoms with van der Waals surface area (Å²) in [5, 5.41) is 9.32. The summed E-state index contributed by atoms with van der Waals surface area (Å²) in [6.07, 6.45) is 0.328. The number of aliphatic carboxylic acids is 1. The maximum atomic E-state index is 13.0. The van der Waals surface area contributed by atoms with Gasteiger partial charge in [0.05, 0.1) is 12.5 Å². The van der Waals surface area contributed by atoms with Gasteiger partial charge >= 0.3 is 5.97 Å². The van der Waals surface area contributed by atoms with Crippen LogP contribution in [0.1, 0.15) is 23.5 Å². The Hall–Kier alpha value is -2.36. The highest BCUT2D eigenvalue weighted by Gasteiger charge is 2.19. The summed E-state index contributed by atoms with van der Waals surface area (Å²) in [7, 11) is 0. The summed E-state index contributed by atoms with van der Waals surface area (Å²) in [6.45, 7) is 2.17. The van der Waals surface area contributed by atoms with Crippen LogP contribution in [0, 0.1) is 12.7 Å². The molecule has 0 aliphatic carbocycles. The summed E-state index contributed by atoms with van der Waals surface area (Å²) in [5.41, 5.74) is 1.83. The quantitative estimate of drug-likeness (QED) is 0.880. The molecular formula is C17H17FO3. The molecule has 0 saturated heterocycles.